The van der Waals surface area contributed by atoms with E-state index in [4.69, 9.17) is 9.47 Å². The van der Waals surface area contributed by atoms with Crippen LogP contribution >= 0.6 is 0 Å². The minimum Gasteiger partial charge on any atom is -0.380 e. The van der Waals surface area contributed by atoms with Crippen molar-refractivity contribution in [2.75, 3.05) is 50.2 Å². The van der Waals surface area contributed by atoms with Crippen LogP contribution in [0.3, 0.4) is 0 Å². The number of ether oxygens (including phenoxy) is 2. The van der Waals surface area contributed by atoms with E-state index in [0.717, 1.165) is 37.2 Å². The van der Waals surface area contributed by atoms with Gasteiger partial charge in [0.05, 0.1) is 24.2 Å². The predicted molar refractivity (Wildman–Crippen MR) is 128 cm³/mol. The lowest BCUT2D eigenvalue weighted by molar-refractivity contribution is -0.118. The molecule has 0 aromatic heterocycles. The predicted octanol–water partition coefficient (Wildman–Crippen LogP) is 4.06. The summed E-state index contributed by atoms with van der Waals surface area (Å²) < 4.78 is 34.6. The summed E-state index contributed by atoms with van der Waals surface area (Å²) >= 11 is 0. The van der Waals surface area contributed by atoms with Crippen molar-refractivity contribution in [3.8, 4) is 0 Å². The van der Waals surface area contributed by atoms with Gasteiger partial charge in [-0.05, 0) is 58.2 Å². The Hall–Kier alpha value is -1.44. The SMILES string of the molecule is CCOCCN(CCOCC)c1ccc(CC(=O)CCCCCS(=O)(=O)C(C)C)cc1. The van der Waals surface area contributed by atoms with Gasteiger partial charge >= 0.3 is 0 Å². The summed E-state index contributed by atoms with van der Waals surface area (Å²) in [5, 5.41) is -0.327. The molecule has 0 bridgehead atoms. The minimum atomic E-state index is -2.98. The highest BCUT2D eigenvalue weighted by Crippen LogP contribution is 2.17. The van der Waals surface area contributed by atoms with E-state index in [9.17, 15) is 13.2 Å². The lowest BCUT2D eigenvalue weighted by Gasteiger charge is -2.25. The average Bonchev–Trinajstić information content (AvgIpc) is 2.73. The molecule has 31 heavy (non-hydrogen) atoms. The topological polar surface area (TPSA) is 72.9 Å². The van der Waals surface area contributed by atoms with Crippen LogP contribution < -0.4 is 4.90 Å². The summed E-state index contributed by atoms with van der Waals surface area (Å²) in [6.45, 7) is 11.7. The number of ketones is 1. The van der Waals surface area contributed by atoms with Crippen LogP contribution in [0.4, 0.5) is 5.69 Å². The van der Waals surface area contributed by atoms with Gasteiger partial charge in [0.1, 0.15) is 5.78 Å². The normalized spacial score (nSPS) is 11.8. The van der Waals surface area contributed by atoms with Gasteiger partial charge in [-0.3, -0.25) is 4.79 Å². The Kier molecular flexibility index (Phi) is 13.7. The maximum Gasteiger partial charge on any atom is 0.152 e. The highest BCUT2D eigenvalue weighted by molar-refractivity contribution is 7.91. The molecule has 0 aliphatic carbocycles. The van der Waals surface area contributed by atoms with Crippen molar-refractivity contribution in [2.24, 2.45) is 0 Å². The van der Waals surface area contributed by atoms with Crippen LogP contribution in [0.2, 0.25) is 0 Å². The molecule has 1 rings (SSSR count). The van der Waals surface area contributed by atoms with E-state index in [0.29, 0.717) is 45.7 Å². The zero-order valence-corrected chi connectivity index (χ0v) is 20.6. The molecule has 6 nitrogen and oxygen atoms in total. The lowest BCUT2D eigenvalue weighted by Crippen LogP contribution is -2.31. The number of nitrogens with zero attached hydrogens (tertiary/aromatic N) is 1. The van der Waals surface area contributed by atoms with Gasteiger partial charge in [-0.2, -0.15) is 0 Å². The molecule has 1 aromatic rings. The van der Waals surface area contributed by atoms with Gasteiger partial charge in [0.2, 0.25) is 0 Å². The summed E-state index contributed by atoms with van der Waals surface area (Å²) in [5.74, 6) is 0.410. The fourth-order valence-electron chi connectivity index (χ4n) is 3.19. The second kappa shape index (κ2) is 15.4. The molecule has 0 fully saturated rings. The fourth-order valence-corrected chi connectivity index (χ4v) is 4.26. The molecule has 0 aliphatic rings. The van der Waals surface area contributed by atoms with E-state index in [-0.39, 0.29) is 16.8 Å². The number of benzene rings is 1. The summed E-state index contributed by atoms with van der Waals surface area (Å²) in [4.78, 5) is 14.5. The monoisotopic (exact) mass is 455 g/mol. The molecular weight excluding hydrogens is 414 g/mol. The third-order valence-electron chi connectivity index (χ3n) is 5.22. The maximum atomic E-state index is 12.3. The molecule has 0 saturated carbocycles. The number of hydrogen-bond acceptors (Lipinski definition) is 6. The smallest absolute Gasteiger partial charge is 0.152 e. The molecule has 0 saturated heterocycles. The number of anilines is 1. The first kappa shape index (κ1) is 27.6. The molecule has 0 aliphatic heterocycles. The summed E-state index contributed by atoms with van der Waals surface area (Å²) in [7, 11) is -2.98. The van der Waals surface area contributed by atoms with Crippen molar-refractivity contribution < 1.29 is 22.7 Å². The van der Waals surface area contributed by atoms with Crippen LogP contribution in [0.5, 0.6) is 0 Å². The van der Waals surface area contributed by atoms with Crippen LogP contribution in [-0.4, -0.2) is 64.7 Å². The number of rotatable bonds is 18. The van der Waals surface area contributed by atoms with Crippen LogP contribution in [0.1, 0.15) is 58.9 Å². The first-order valence-electron chi connectivity index (χ1n) is 11.5. The molecular formula is C24H41NO5S. The number of unbranched alkanes of at least 4 members (excludes halogenated alkanes) is 2. The Morgan fingerprint density at radius 3 is 2.03 bits per heavy atom. The van der Waals surface area contributed by atoms with Gasteiger partial charge in [0.15, 0.2) is 9.84 Å². The zero-order valence-electron chi connectivity index (χ0n) is 19.8. The van der Waals surface area contributed by atoms with E-state index >= 15 is 0 Å². The molecule has 0 spiro atoms. The van der Waals surface area contributed by atoms with Gasteiger partial charge in [0.25, 0.3) is 0 Å². The number of carbonyl (C=O) groups excluding carboxylic acids is 1. The molecule has 0 unspecified atom stereocenters. The largest absolute Gasteiger partial charge is 0.380 e. The van der Waals surface area contributed by atoms with Gasteiger partial charge in [-0.1, -0.05) is 18.6 Å². The van der Waals surface area contributed by atoms with Crippen molar-refractivity contribution in [3.63, 3.8) is 0 Å². The van der Waals surface area contributed by atoms with Gasteiger partial charge < -0.3 is 14.4 Å². The van der Waals surface area contributed by atoms with Crippen molar-refractivity contribution in [1.82, 2.24) is 0 Å². The molecule has 0 atom stereocenters. The second-order valence-corrected chi connectivity index (χ2v) is 10.7. The minimum absolute atomic E-state index is 0.198. The quantitative estimate of drug-likeness (QED) is 0.311. The van der Waals surface area contributed by atoms with E-state index in [1.54, 1.807) is 13.8 Å². The second-order valence-electron chi connectivity index (χ2n) is 7.99. The van der Waals surface area contributed by atoms with Gasteiger partial charge in [0, 0.05) is 44.8 Å². The van der Waals surface area contributed by atoms with E-state index < -0.39 is 9.84 Å². The van der Waals surface area contributed by atoms with Gasteiger partial charge in [-0.15, -0.1) is 0 Å². The molecule has 0 heterocycles. The number of carbonyl (C=O) groups is 1. The highest BCUT2D eigenvalue weighted by Gasteiger charge is 2.15. The summed E-state index contributed by atoms with van der Waals surface area (Å²) in [6.07, 6.45) is 3.06. The van der Waals surface area contributed by atoms with Crippen molar-refractivity contribution in [1.29, 1.82) is 0 Å². The molecule has 0 amide bonds. The Bertz CT molecular complexity index is 706. The Morgan fingerprint density at radius 1 is 0.935 bits per heavy atom. The standard InChI is InChI=1S/C24H41NO5S/c1-5-29-17-15-25(16-18-30-6-2)23-13-11-22(12-14-23)20-24(26)10-8-7-9-19-31(27,28)21(3)4/h11-14,21H,5-10,15-20H2,1-4H3. The van der Waals surface area contributed by atoms with Crippen LogP contribution in [0.15, 0.2) is 24.3 Å². The van der Waals surface area contributed by atoms with Crippen LogP contribution in [0, 0.1) is 0 Å². The van der Waals surface area contributed by atoms with E-state index in [1.807, 2.05) is 26.0 Å². The molecule has 0 radical (unpaired) electrons. The highest BCUT2D eigenvalue weighted by atomic mass is 32.2. The number of sulfone groups is 1. The molecule has 0 N–H and O–H groups in total. The Labute approximate surface area is 189 Å². The summed E-state index contributed by atoms with van der Waals surface area (Å²) in [5.41, 5.74) is 2.10. The lowest BCUT2D eigenvalue weighted by atomic mass is 10.0. The third-order valence-corrected chi connectivity index (χ3v) is 7.52. The first-order valence-corrected chi connectivity index (χ1v) is 13.2. The van der Waals surface area contributed by atoms with Crippen LogP contribution in [0.25, 0.3) is 0 Å². The zero-order chi connectivity index (χ0) is 23.1. The van der Waals surface area contributed by atoms with Crippen molar-refractivity contribution >= 4 is 21.3 Å². The van der Waals surface area contributed by atoms with Crippen LogP contribution in [-0.2, 0) is 30.5 Å². The fraction of sp³-hybridized carbons (Fsp3) is 0.708. The van der Waals surface area contributed by atoms with Gasteiger partial charge in [-0.25, -0.2) is 8.42 Å². The Morgan fingerprint density at radius 2 is 1.52 bits per heavy atom. The summed E-state index contributed by atoms with van der Waals surface area (Å²) in [6, 6.07) is 8.13. The first-order chi connectivity index (χ1) is 14.8. The molecule has 7 heteroatoms. The number of Topliss-reactive ketones (excluding diaryl/α,β-unsaturated/α-hetero) is 1. The molecule has 178 valence electrons. The van der Waals surface area contributed by atoms with Crippen molar-refractivity contribution in [2.45, 2.75) is 65.0 Å². The number of hydrogen-bond donors (Lipinski definition) is 0. The Balaban J connectivity index is 2.45. The van der Waals surface area contributed by atoms with Crippen molar-refractivity contribution in [3.05, 3.63) is 29.8 Å². The maximum absolute atomic E-state index is 12.3. The van der Waals surface area contributed by atoms with E-state index in [2.05, 4.69) is 17.0 Å². The average molecular weight is 456 g/mol. The molecule has 1 aromatic carbocycles. The van der Waals surface area contributed by atoms with E-state index in [1.165, 1.54) is 0 Å². The third kappa shape index (κ3) is 11.7.